The van der Waals surface area contributed by atoms with Gasteiger partial charge in [0.2, 0.25) is 17.8 Å². The van der Waals surface area contributed by atoms with Gasteiger partial charge in [0.25, 0.3) is 0 Å². The number of amides is 1. The molecule has 0 radical (unpaired) electrons. The van der Waals surface area contributed by atoms with Crippen LogP contribution in [0.3, 0.4) is 0 Å². The molecule has 2 fully saturated rings. The zero-order valence-electron chi connectivity index (χ0n) is 17.8. The van der Waals surface area contributed by atoms with Crippen LogP contribution in [0.15, 0.2) is 12.3 Å². The first-order valence-electron chi connectivity index (χ1n) is 11.2. The van der Waals surface area contributed by atoms with Gasteiger partial charge in [-0.2, -0.15) is 13.2 Å². The molecule has 2 saturated carbocycles. The van der Waals surface area contributed by atoms with Crippen LogP contribution < -0.4 is 10.0 Å². The van der Waals surface area contributed by atoms with E-state index in [4.69, 9.17) is 4.74 Å². The Bertz CT molecular complexity index is 817. The molecule has 2 heterocycles. The highest BCUT2D eigenvalue weighted by Gasteiger charge is 2.40. The van der Waals surface area contributed by atoms with E-state index in [1.807, 2.05) is 0 Å². The van der Waals surface area contributed by atoms with E-state index >= 15 is 0 Å². The molecule has 1 aliphatic heterocycles. The third kappa shape index (κ3) is 4.82. The maximum Gasteiger partial charge on any atom is 0.422 e. The summed E-state index contributed by atoms with van der Waals surface area (Å²) in [6.45, 7) is 0.502. The normalized spacial score (nSPS) is 29.1. The van der Waals surface area contributed by atoms with E-state index in [0.29, 0.717) is 41.2 Å². The van der Waals surface area contributed by atoms with Crippen LogP contribution in [0.25, 0.3) is 0 Å². The number of hydrogen-bond donors (Lipinski definition) is 2. The average molecular weight is 443 g/mol. The van der Waals surface area contributed by atoms with E-state index in [9.17, 15) is 23.2 Å². The third-order valence-electron chi connectivity index (χ3n) is 7.09. The molecule has 6 nitrogen and oxygen atoms in total. The molecule has 1 aromatic heterocycles. The summed E-state index contributed by atoms with van der Waals surface area (Å²) in [4.78, 5) is 14.8. The predicted molar refractivity (Wildman–Crippen MR) is 105 cm³/mol. The molecule has 1 amide bonds. The van der Waals surface area contributed by atoms with Gasteiger partial charge in [-0.1, -0.05) is 12.8 Å². The number of pyridine rings is 1. The Hall–Kier alpha value is -1.87. The van der Waals surface area contributed by atoms with E-state index in [1.54, 1.807) is 12.0 Å². The standard InChI is InChI=1S/C22H31F3N3O3/c1-31-20-5-3-2-4-18(20)26-17-7-6-14(11-17)21(29)27-9-8-19-15(12-27)10-16(13-28(19)30)22(23,24)25/h10,13-14,17-18,20,26,30H,2-9,11-12H2,1H3/q+1/t14?,17-,18?,20?/m1/s1. The quantitative estimate of drug-likeness (QED) is 0.556. The molecule has 3 aliphatic rings. The highest BCUT2D eigenvalue weighted by Crippen LogP contribution is 2.33. The lowest BCUT2D eigenvalue weighted by molar-refractivity contribution is -0.910. The number of nitrogens with zero attached hydrogens (tertiary/aromatic N) is 2. The fraction of sp³-hybridized carbons (Fsp3) is 0.727. The summed E-state index contributed by atoms with van der Waals surface area (Å²) in [6, 6.07) is 1.64. The Balaban J connectivity index is 1.38. The van der Waals surface area contributed by atoms with Crippen LogP contribution in [0.5, 0.6) is 0 Å². The van der Waals surface area contributed by atoms with Crippen LogP contribution in [0.4, 0.5) is 13.2 Å². The van der Waals surface area contributed by atoms with Crippen molar-refractivity contribution in [2.45, 2.75) is 82.3 Å². The van der Waals surface area contributed by atoms with Gasteiger partial charge in [-0.05, 0) is 38.2 Å². The number of carbonyl (C=O) groups is 1. The molecule has 0 saturated heterocycles. The van der Waals surface area contributed by atoms with Gasteiger partial charge in [-0.15, -0.1) is 0 Å². The number of alkyl halides is 3. The van der Waals surface area contributed by atoms with Crippen molar-refractivity contribution in [2.24, 2.45) is 5.92 Å². The maximum absolute atomic E-state index is 13.1. The number of methoxy groups -OCH3 is 1. The number of nitrogens with one attached hydrogen (secondary N) is 1. The van der Waals surface area contributed by atoms with Gasteiger partial charge < -0.3 is 15.0 Å². The molecule has 9 heteroatoms. The second-order valence-corrected chi connectivity index (χ2v) is 9.09. The minimum absolute atomic E-state index is 0.00351. The van der Waals surface area contributed by atoms with E-state index in [2.05, 4.69) is 5.32 Å². The first-order chi connectivity index (χ1) is 14.8. The van der Waals surface area contributed by atoms with E-state index in [1.165, 1.54) is 12.8 Å². The zero-order valence-corrected chi connectivity index (χ0v) is 17.8. The summed E-state index contributed by atoms with van der Waals surface area (Å²) < 4.78 is 45.5. The monoisotopic (exact) mass is 442 g/mol. The SMILES string of the molecule is COC1CCCCC1N[C@@H]1CCC(C(=O)N2CCc3c(cc(C(F)(F)F)c[n+]3O)C2)C1. The molecule has 1 aromatic rings. The first kappa shape index (κ1) is 22.3. The number of ether oxygens (including phenoxy) is 1. The Morgan fingerprint density at radius 1 is 1.26 bits per heavy atom. The van der Waals surface area contributed by atoms with Crippen molar-refractivity contribution < 1.29 is 32.6 Å². The predicted octanol–water partition coefficient (Wildman–Crippen LogP) is 2.83. The molecule has 0 bridgehead atoms. The number of halogens is 3. The fourth-order valence-corrected chi connectivity index (χ4v) is 5.43. The Labute approximate surface area is 180 Å². The lowest BCUT2D eigenvalue weighted by Gasteiger charge is -2.33. The fourth-order valence-electron chi connectivity index (χ4n) is 5.43. The van der Waals surface area contributed by atoms with E-state index < -0.39 is 11.7 Å². The van der Waals surface area contributed by atoms with Crippen molar-refractivity contribution in [1.82, 2.24) is 10.2 Å². The van der Waals surface area contributed by atoms with Gasteiger partial charge in [0, 0.05) is 42.0 Å². The topological polar surface area (TPSA) is 65.7 Å². The van der Waals surface area contributed by atoms with Crippen molar-refractivity contribution in [1.29, 1.82) is 0 Å². The maximum atomic E-state index is 13.1. The van der Waals surface area contributed by atoms with Gasteiger partial charge in [-0.25, -0.2) is 0 Å². The van der Waals surface area contributed by atoms with Crippen molar-refractivity contribution >= 4 is 5.91 Å². The molecular formula is C22H31F3N3O3+. The van der Waals surface area contributed by atoms with Crippen molar-refractivity contribution in [2.75, 3.05) is 13.7 Å². The highest BCUT2D eigenvalue weighted by atomic mass is 19.4. The molecular weight excluding hydrogens is 411 g/mol. The van der Waals surface area contributed by atoms with Crippen LogP contribution in [-0.4, -0.2) is 47.9 Å². The number of fused-ring (bicyclic) bond motifs is 1. The summed E-state index contributed by atoms with van der Waals surface area (Å²) >= 11 is 0. The van der Waals surface area contributed by atoms with Gasteiger partial charge in [-0.3, -0.25) is 10.0 Å². The Kier molecular flexibility index (Phi) is 6.44. The Morgan fingerprint density at radius 2 is 2.03 bits per heavy atom. The number of hydrogen-bond acceptors (Lipinski definition) is 4. The summed E-state index contributed by atoms with van der Waals surface area (Å²) in [5, 5.41) is 13.7. The molecule has 31 heavy (non-hydrogen) atoms. The van der Waals surface area contributed by atoms with Crippen LogP contribution in [0.1, 0.15) is 61.8 Å². The lowest BCUT2D eigenvalue weighted by Crippen LogP contribution is -2.48. The largest absolute Gasteiger partial charge is 0.422 e. The minimum atomic E-state index is -4.55. The van der Waals surface area contributed by atoms with Gasteiger partial charge >= 0.3 is 6.18 Å². The van der Waals surface area contributed by atoms with Crippen LogP contribution in [0.2, 0.25) is 0 Å². The molecule has 2 aliphatic carbocycles. The number of rotatable bonds is 4. The average Bonchev–Trinajstić information content (AvgIpc) is 3.21. The van der Waals surface area contributed by atoms with E-state index in [0.717, 1.165) is 38.2 Å². The molecule has 0 spiro atoms. The lowest BCUT2D eigenvalue weighted by atomic mass is 9.91. The number of aromatic nitrogens is 1. The second-order valence-electron chi connectivity index (χ2n) is 9.09. The molecule has 2 N–H and O–H groups in total. The molecule has 4 rings (SSSR count). The molecule has 4 atom stereocenters. The second kappa shape index (κ2) is 8.94. The van der Waals surface area contributed by atoms with Crippen molar-refractivity contribution in [3.8, 4) is 0 Å². The summed E-state index contributed by atoms with van der Waals surface area (Å²) in [7, 11) is 1.75. The molecule has 3 unspecified atom stereocenters. The molecule has 0 aromatic carbocycles. The van der Waals surface area contributed by atoms with Gasteiger partial charge in [0.1, 0.15) is 5.56 Å². The Morgan fingerprint density at radius 3 is 2.77 bits per heavy atom. The van der Waals surface area contributed by atoms with Crippen molar-refractivity contribution in [3.05, 3.63) is 29.1 Å². The van der Waals surface area contributed by atoms with Crippen LogP contribution in [-0.2, 0) is 28.7 Å². The third-order valence-corrected chi connectivity index (χ3v) is 7.09. The van der Waals surface area contributed by atoms with Crippen LogP contribution in [0, 0.1) is 5.92 Å². The summed E-state index contributed by atoms with van der Waals surface area (Å²) in [5.41, 5.74) is -0.117. The van der Waals surface area contributed by atoms with Crippen LogP contribution >= 0.6 is 0 Å². The van der Waals surface area contributed by atoms with Gasteiger partial charge in [0.15, 0.2) is 0 Å². The molecule has 172 valence electrons. The van der Waals surface area contributed by atoms with Gasteiger partial charge in [0.05, 0.1) is 19.1 Å². The first-order valence-corrected chi connectivity index (χ1v) is 11.2. The summed E-state index contributed by atoms with van der Waals surface area (Å²) in [6.07, 6.45) is 3.66. The minimum Gasteiger partial charge on any atom is -0.380 e. The smallest absolute Gasteiger partial charge is 0.380 e. The van der Waals surface area contributed by atoms with E-state index in [-0.39, 0.29) is 30.5 Å². The zero-order chi connectivity index (χ0) is 22.2. The summed E-state index contributed by atoms with van der Waals surface area (Å²) in [5.74, 6) is -0.112. The van der Waals surface area contributed by atoms with Crippen molar-refractivity contribution in [3.63, 3.8) is 0 Å². The highest BCUT2D eigenvalue weighted by molar-refractivity contribution is 5.79. The number of carbonyl (C=O) groups excluding carboxylic acids is 1.